The highest BCUT2D eigenvalue weighted by molar-refractivity contribution is 5.95. The fourth-order valence-corrected chi connectivity index (χ4v) is 2.81. The van der Waals surface area contributed by atoms with Crippen molar-refractivity contribution in [2.75, 3.05) is 26.3 Å². The first kappa shape index (κ1) is 22.6. The lowest BCUT2D eigenvalue weighted by Crippen LogP contribution is -2.42. The van der Waals surface area contributed by atoms with Gasteiger partial charge in [0, 0.05) is 24.7 Å². The first-order chi connectivity index (χ1) is 12.2. The van der Waals surface area contributed by atoms with Crippen molar-refractivity contribution in [1.29, 1.82) is 0 Å². The molecule has 2 N–H and O–H groups in total. The number of carbonyl (C=O) groups excluding carboxylic acids is 1. The third-order valence-electron chi connectivity index (χ3n) is 4.53. The molecule has 1 aromatic rings. The maximum absolute atomic E-state index is 12.7. The van der Waals surface area contributed by atoms with Crippen LogP contribution in [0.15, 0.2) is 18.2 Å². The summed E-state index contributed by atoms with van der Waals surface area (Å²) in [6.45, 7) is 7.01. The Balaban J connectivity index is 0.00000338. The second-order valence-electron chi connectivity index (χ2n) is 6.70. The SMILES string of the molecule is CCCCOc1ccc(C(=O)N2CCC(N)CC2)cc1OCCCC.Cl. The molecule has 26 heavy (non-hydrogen) atoms. The molecule has 0 aromatic heterocycles. The zero-order valence-electron chi connectivity index (χ0n) is 16.0. The quantitative estimate of drug-likeness (QED) is 0.653. The molecule has 0 atom stereocenters. The average molecular weight is 385 g/mol. The van der Waals surface area contributed by atoms with E-state index in [4.69, 9.17) is 15.2 Å². The first-order valence-electron chi connectivity index (χ1n) is 9.60. The van der Waals surface area contributed by atoms with Gasteiger partial charge in [-0.15, -0.1) is 12.4 Å². The fourth-order valence-electron chi connectivity index (χ4n) is 2.81. The Kier molecular flexibility index (Phi) is 10.4. The molecule has 0 aliphatic carbocycles. The Morgan fingerprint density at radius 3 is 2.23 bits per heavy atom. The molecule has 0 unspecified atom stereocenters. The maximum Gasteiger partial charge on any atom is 0.253 e. The monoisotopic (exact) mass is 384 g/mol. The van der Waals surface area contributed by atoms with Gasteiger partial charge in [-0.25, -0.2) is 0 Å². The van der Waals surface area contributed by atoms with Crippen LogP contribution in [0.4, 0.5) is 0 Å². The van der Waals surface area contributed by atoms with E-state index >= 15 is 0 Å². The number of amides is 1. The number of benzene rings is 1. The van der Waals surface area contributed by atoms with Crippen LogP contribution < -0.4 is 15.2 Å². The number of likely N-dealkylation sites (tertiary alicyclic amines) is 1. The van der Waals surface area contributed by atoms with Gasteiger partial charge in [-0.3, -0.25) is 4.79 Å². The summed E-state index contributed by atoms with van der Waals surface area (Å²) in [5.74, 6) is 1.44. The van der Waals surface area contributed by atoms with Crippen molar-refractivity contribution in [3.8, 4) is 11.5 Å². The number of nitrogens with zero attached hydrogens (tertiary/aromatic N) is 1. The molecule has 6 heteroatoms. The average Bonchev–Trinajstić information content (AvgIpc) is 2.63. The molecule has 0 bridgehead atoms. The third kappa shape index (κ3) is 6.69. The predicted octanol–water partition coefficient (Wildman–Crippen LogP) is 4.03. The van der Waals surface area contributed by atoms with Crippen LogP contribution in [0.25, 0.3) is 0 Å². The van der Waals surface area contributed by atoms with Gasteiger partial charge in [0.05, 0.1) is 13.2 Å². The van der Waals surface area contributed by atoms with E-state index in [0.717, 1.165) is 57.4 Å². The number of unbranched alkanes of at least 4 members (excludes halogenated alkanes) is 2. The lowest BCUT2D eigenvalue weighted by atomic mass is 10.0. The molecule has 1 aliphatic heterocycles. The number of carbonyl (C=O) groups is 1. The molecular weight excluding hydrogens is 352 g/mol. The van der Waals surface area contributed by atoms with Crippen molar-refractivity contribution in [2.45, 2.75) is 58.4 Å². The van der Waals surface area contributed by atoms with E-state index in [1.807, 2.05) is 23.1 Å². The van der Waals surface area contributed by atoms with Gasteiger partial charge in [0.1, 0.15) is 0 Å². The number of hydrogen-bond donors (Lipinski definition) is 1. The molecule has 1 aliphatic rings. The van der Waals surface area contributed by atoms with Crippen LogP contribution in [0.3, 0.4) is 0 Å². The second kappa shape index (κ2) is 12.0. The van der Waals surface area contributed by atoms with E-state index in [1.54, 1.807) is 0 Å². The van der Waals surface area contributed by atoms with Gasteiger partial charge in [0.15, 0.2) is 11.5 Å². The molecular formula is C20H33ClN2O3. The minimum Gasteiger partial charge on any atom is -0.490 e. The topological polar surface area (TPSA) is 64.8 Å². The molecule has 1 heterocycles. The summed E-state index contributed by atoms with van der Waals surface area (Å²) < 4.78 is 11.7. The van der Waals surface area contributed by atoms with E-state index < -0.39 is 0 Å². The minimum absolute atomic E-state index is 0. The number of hydrogen-bond acceptors (Lipinski definition) is 4. The van der Waals surface area contributed by atoms with Crippen LogP contribution in [0.5, 0.6) is 11.5 Å². The molecule has 1 saturated heterocycles. The van der Waals surface area contributed by atoms with Crippen LogP contribution in [-0.2, 0) is 0 Å². The molecule has 0 spiro atoms. The second-order valence-corrected chi connectivity index (χ2v) is 6.70. The first-order valence-corrected chi connectivity index (χ1v) is 9.60. The Bertz CT molecular complexity index is 546. The normalized spacial score (nSPS) is 14.7. The zero-order valence-corrected chi connectivity index (χ0v) is 16.9. The van der Waals surface area contributed by atoms with Gasteiger partial charge in [-0.1, -0.05) is 26.7 Å². The van der Waals surface area contributed by atoms with Crippen molar-refractivity contribution in [3.63, 3.8) is 0 Å². The summed E-state index contributed by atoms with van der Waals surface area (Å²) in [7, 11) is 0. The fraction of sp³-hybridized carbons (Fsp3) is 0.650. The van der Waals surface area contributed by atoms with Crippen molar-refractivity contribution in [1.82, 2.24) is 4.90 Å². The van der Waals surface area contributed by atoms with Gasteiger partial charge in [0.2, 0.25) is 0 Å². The lowest BCUT2D eigenvalue weighted by molar-refractivity contribution is 0.0714. The summed E-state index contributed by atoms with van der Waals surface area (Å²) in [6, 6.07) is 5.74. The van der Waals surface area contributed by atoms with Gasteiger partial charge in [-0.05, 0) is 43.9 Å². The molecule has 1 fully saturated rings. The number of nitrogens with two attached hydrogens (primary N) is 1. The highest BCUT2D eigenvalue weighted by Crippen LogP contribution is 2.30. The maximum atomic E-state index is 12.7. The standard InChI is InChI=1S/C20H32N2O3.ClH/c1-3-5-13-24-18-8-7-16(15-19(18)25-14-6-4-2)20(23)22-11-9-17(21)10-12-22;/h7-8,15,17H,3-6,9-14,21H2,1-2H3;1H. The van der Waals surface area contributed by atoms with Gasteiger partial charge >= 0.3 is 0 Å². The minimum atomic E-state index is 0. The lowest BCUT2D eigenvalue weighted by Gasteiger charge is -2.30. The molecule has 148 valence electrons. The molecule has 0 radical (unpaired) electrons. The zero-order chi connectivity index (χ0) is 18.1. The van der Waals surface area contributed by atoms with Crippen molar-refractivity contribution < 1.29 is 14.3 Å². The summed E-state index contributed by atoms with van der Waals surface area (Å²) in [4.78, 5) is 14.6. The van der Waals surface area contributed by atoms with Crippen LogP contribution >= 0.6 is 12.4 Å². The van der Waals surface area contributed by atoms with E-state index in [-0.39, 0.29) is 24.4 Å². The molecule has 1 amide bonds. The van der Waals surface area contributed by atoms with Crippen molar-refractivity contribution >= 4 is 18.3 Å². The summed E-state index contributed by atoms with van der Waals surface area (Å²) in [5.41, 5.74) is 6.59. The molecule has 5 nitrogen and oxygen atoms in total. The van der Waals surface area contributed by atoms with E-state index in [9.17, 15) is 4.79 Å². The Labute approximate surface area is 163 Å². The third-order valence-corrected chi connectivity index (χ3v) is 4.53. The Hall–Kier alpha value is -1.46. The predicted molar refractivity (Wildman–Crippen MR) is 108 cm³/mol. The van der Waals surface area contributed by atoms with Gasteiger partial charge in [-0.2, -0.15) is 0 Å². The van der Waals surface area contributed by atoms with Crippen molar-refractivity contribution in [2.24, 2.45) is 5.73 Å². The summed E-state index contributed by atoms with van der Waals surface area (Å²) >= 11 is 0. The molecule has 2 rings (SSSR count). The summed E-state index contributed by atoms with van der Waals surface area (Å²) in [6.07, 6.45) is 5.87. The highest BCUT2D eigenvalue weighted by atomic mass is 35.5. The molecule has 0 saturated carbocycles. The van der Waals surface area contributed by atoms with Crippen LogP contribution in [0.1, 0.15) is 62.7 Å². The number of piperidine rings is 1. The largest absolute Gasteiger partial charge is 0.490 e. The van der Waals surface area contributed by atoms with Crippen LogP contribution in [0.2, 0.25) is 0 Å². The van der Waals surface area contributed by atoms with E-state index in [0.29, 0.717) is 24.5 Å². The number of halogens is 1. The Morgan fingerprint density at radius 1 is 1.08 bits per heavy atom. The van der Waals surface area contributed by atoms with E-state index in [1.165, 1.54) is 0 Å². The van der Waals surface area contributed by atoms with Gasteiger partial charge < -0.3 is 20.1 Å². The Morgan fingerprint density at radius 2 is 1.65 bits per heavy atom. The molecule has 1 aromatic carbocycles. The van der Waals surface area contributed by atoms with Crippen molar-refractivity contribution in [3.05, 3.63) is 23.8 Å². The van der Waals surface area contributed by atoms with E-state index in [2.05, 4.69) is 13.8 Å². The summed E-state index contributed by atoms with van der Waals surface area (Å²) in [5, 5.41) is 0. The van der Waals surface area contributed by atoms with Gasteiger partial charge in [0.25, 0.3) is 5.91 Å². The highest BCUT2D eigenvalue weighted by Gasteiger charge is 2.22. The van der Waals surface area contributed by atoms with Crippen LogP contribution in [0, 0.1) is 0 Å². The number of rotatable bonds is 9. The smallest absolute Gasteiger partial charge is 0.253 e. The van der Waals surface area contributed by atoms with Crippen LogP contribution in [-0.4, -0.2) is 43.2 Å². The number of ether oxygens (including phenoxy) is 2.